The Morgan fingerprint density at radius 1 is 1.40 bits per heavy atom. The quantitative estimate of drug-likeness (QED) is 0.825. The molecule has 1 aliphatic rings. The molecule has 0 bridgehead atoms. The Morgan fingerprint density at radius 3 is 2.80 bits per heavy atom. The number of hydrogen-bond acceptors (Lipinski definition) is 5. The maximum absolute atomic E-state index is 13.3. The largest absolute Gasteiger partial charge is 0.480 e. The van der Waals surface area contributed by atoms with E-state index in [0.717, 1.165) is 12.8 Å². The number of aromatic nitrogens is 2. The number of halogens is 1. The molecule has 1 N–H and O–H groups in total. The molecular formula is C17H18FN3O4. The third kappa shape index (κ3) is 4.20. The van der Waals surface area contributed by atoms with Crippen molar-refractivity contribution in [3.63, 3.8) is 0 Å². The van der Waals surface area contributed by atoms with Gasteiger partial charge in [-0.05, 0) is 43.5 Å². The van der Waals surface area contributed by atoms with E-state index in [4.69, 9.17) is 9.63 Å². The molecule has 1 aliphatic carbocycles. The number of benzene rings is 1. The Hall–Kier alpha value is -2.77. The summed E-state index contributed by atoms with van der Waals surface area (Å²) in [6, 6.07) is 4.55. The summed E-state index contributed by atoms with van der Waals surface area (Å²) in [5.74, 6) is -0.947. The second-order valence-electron chi connectivity index (χ2n) is 6.12. The van der Waals surface area contributed by atoms with Gasteiger partial charge in [-0.1, -0.05) is 5.16 Å². The average molecular weight is 347 g/mol. The molecule has 25 heavy (non-hydrogen) atoms. The second kappa shape index (κ2) is 7.00. The van der Waals surface area contributed by atoms with Crippen molar-refractivity contribution in [3.05, 3.63) is 35.5 Å². The van der Waals surface area contributed by atoms with Gasteiger partial charge in [-0.3, -0.25) is 9.59 Å². The highest BCUT2D eigenvalue weighted by atomic mass is 19.1. The minimum absolute atomic E-state index is 0.0315. The van der Waals surface area contributed by atoms with Crippen molar-refractivity contribution in [2.75, 3.05) is 6.54 Å². The fraction of sp³-hybridized carbons (Fsp3) is 0.412. The highest BCUT2D eigenvalue weighted by Gasteiger charge is 2.33. The molecule has 8 heteroatoms. The number of carboxylic acids is 1. The molecule has 0 unspecified atom stereocenters. The summed E-state index contributed by atoms with van der Waals surface area (Å²) in [5, 5.41) is 12.8. The van der Waals surface area contributed by atoms with Crippen LogP contribution in [0.4, 0.5) is 4.39 Å². The Kier molecular flexibility index (Phi) is 4.78. The summed E-state index contributed by atoms with van der Waals surface area (Å²) >= 11 is 0. The van der Waals surface area contributed by atoms with Gasteiger partial charge in [-0.25, -0.2) is 4.39 Å². The van der Waals surface area contributed by atoms with Crippen LogP contribution in [0.3, 0.4) is 0 Å². The van der Waals surface area contributed by atoms with Crippen LogP contribution in [0, 0.1) is 12.7 Å². The number of nitrogens with zero attached hydrogens (tertiary/aromatic N) is 3. The first-order valence-corrected chi connectivity index (χ1v) is 8.04. The van der Waals surface area contributed by atoms with E-state index in [1.165, 1.54) is 11.0 Å². The van der Waals surface area contributed by atoms with Gasteiger partial charge in [0.2, 0.25) is 17.6 Å². The number of aryl methyl sites for hydroxylation is 2. The van der Waals surface area contributed by atoms with Gasteiger partial charge in [0.25, 0.3) is 0 Å². The standard InChI is InChI=1S/C17H18FN3O4/c1-10-8-11(2-5-13(10)18)17-19-14(25-20-17)6-7-15(22)21(9-16(23)24)12-3-4-12/h2,5,8,12H,3-4,6-7,9H2,1H3,(H,23,24). The molecule has 1 aromatic heterocycles. The van der Waals surface area contributed by atoms with Crippen LogP contribution in [0.2, 0.25) is 0 Å². The Morgan fingerprint density at radius 2 is 2.16 bits per heavy atom. The number of amides is 1. The molecule has 1 heterocycles. The molecule has 132 valence electrons. The first-order valence-electron chi connectivity index (χ1n) is 8.04. The molecule has 0 aliphatic heterocycles. The SMILES string of the molecule is Cc1cc(-c2noc(CCC(=O)N(CC(=O)O)C3CC3)n2)ccc1F. The summed E-state index contributed by atoms with van der Waals surface area (Å²) < 4.78 is 18.5. The third-order valence-electron chi connectivity index (χ3n) is 4.05. The summed E-state index contributed by atoms with van der Waals surface area (Å²) in [6.07, 6.45) is 2.02. The number of hydrogen-bond donors (Lipinski definition) is 1. The minimum atomic E-state index is -1.02. The maximum Gasteiger partial charge on any atom is 0.323 e. The van der Waals surface area contributed by atoms with E-state index in [9.17, 15) is 14.0 Å². The number of carboxylic acid groups (broad SMARTS) is 1. The van der Waals surface area contributed by atoms with Gasteiger partial charge in [0.05, 0.1) is 0 Å². The molecule has 2 aromatic rings. The number of aliphatic carboxylic acids is 1. The van der Waals surface area contributed by atoms with Crippen LogP contribution in [0.5, 0.6) is 0 Å². The maximum atomic E-state index is 13.3. The van der Waals surface area contributed by atoms with Crippen LogP contribution >= 0.6 is 0 Å². The summed E-state index contributed by atoms with van der Waals surface area (Å²) in [5.41, 5.74) is 1.11. The first-order chi connectivity index (χ1) is 11.9. The van der Waals surface area contributed by atoms with Gasteiger partial charge in [0.1, 0.15) is 12.4 Å². The smallest absolute Gasteiger partial charge is 0.323 e. The van der Waals surface area contributed by atoms with E-state index >= 15 is 0 Å². The van der Waals surface area contributed by atoms with Crippen molar-refractivity contribution in [2.45, 2.75) is 38.6 Å². The zero-order valence-electron chi connectivity index (χ0n) is 13.7. The molecule has 1 amide bonds. The molecule has 0 atom stereocenters. The molecule has 1 fully saturated rings. The van der Waals surface area contributed by atoms with E-state index in [1.807, 2.05) is 0 Å². The van der Waals surface area contributed by atoms with Crippen LogP contribution in [0.1, 0.15) is 30.7 Å². The lowest BCUT2D eigenvalue weighted by Crippen LogP contribution is -2.37. The van der Waals surface area contributed by atoms with Crippen molar-refractivity contribution in [1.82, 2.24) is 15.0 Å². The van der Waals surface area contributed by atoms with Gasteiger partial charge in [-0.15, -0.1) is 0 Å². The summed E-state index contributed by atoms with van der Waals surface area (Å²) in [6.45, 7) is 1.36. The Balaban J connectivity index is 1.62. The summed E-state index contributed by atoms with van der Waals surface area (Å²) in [4.78, 5) is 28.7. The predicted molar refractivity (Wildman–Crippen MR) is 85.1 cm³/mol. The monoisotopic (exact) mass is 347 g/mol. The lowest BCUT2D eigenvalue weighted by Gasteiger charge is -2.19. The zero-order chi connectivity index (χ0) is 18.0. The van der Waals surface area contributed by atoms with E-state index < -0.39 is 5.97 Å². The minimum Gasteiger partial charge on any atom is -0.480 e. The van der Waals surface area contributed by atoms with Crippen molar-refractivity contribution in [1.29, 1.82) is 0 Å². The highest BCUT2D eigenvalue weighted by Crippen LogP contribution is 2.27. The Labute approximate surface area is 143 Å². The molecule has 0 spiro atoms. The number of rotatable bonds is 7. The van der Waals surface area contributed by atoms with Gasteiger partial charge < -0.3 is 14.5 Å². The average Bonchev–Trinajstić information content (AvgIpc) is 3.30. The van der Waals surface area contributed by atoms with Crippen molar-refractivity contribution in [2.24, 2.45) is 0 Å². The van der Waals surface area contributed by atoms with Gasteiger partial charge >= 0.3 is 5.97 Å². The predicted octanol–water partition coefficient (Wildman–Crippen LogP) is 2.19. The van der Waals surface area contributed by atoms with Crippen LogP contribution < -0.4 is 0 Å². The topological polar surface area (TPSA) is 96.5 Å². The number of carbonyl (C=O) groups excluding carboxylic acids is 1. The Bertz CT molecular complexity index is 801. The van der Waals surface area contributed by atoms with E-state index in [1.54, 1.807) is 19.1 Å². The highest BCUT2D eigenvalue weighted by molar-refractivity contribution is 5.82. The van der Waals surface area contributed by atoms with Crippen LogP contribution in [-0.2, 0) is 16.0 Å². The molecule has 0 radical (unpaired) electrons. The molecule has 3 rings (SSSR count). The number of carbonyl (C=O) groups is 2. The van der Waals surface area contributed by atoms with Crippen LogP contribution in [-0.4, -0.2) is 44.6 Å². The lowest BCUT2D eigenvalue weighted by atomic mass is 10.1. The molecular weight excluding hydrogens is 329 g/mol. The molecule has 7 nitrogen and oxygen atoms in total. The van der Waals surface area contributed by atoms with E-state index in [-0.39, 0.29) is 43.0 Å². The van der Waals surface area contributed by atoms with Crippen LogP contribution in [0.25, 0.3) is 11.4 Å². The van der Waals surface area contributed by atoms with E-state index in [0.29, 0.717) is 17.0 Å². The normalized spacial score (nSPS) is 13.7. The fourth-order valence-electron chi connectivity index (χ4n) is 2.57. The van der Waals surface area contributed by atoms with Crippen molar-refractivity contribution < 1.29 is 23.6 Å². The van der Waals surface area contributed by atoms with Crippen molar-refractivity contribution in [3.8, 4) is 11.4 Å². The second-order valence-corrected chi connectivity index (χ2v) is 6.12. The van der Waals surface area contributed by atoms with Gasteiger partial charge in [0.15, 0.2) is 0 Å². The third-order valence-corrected chi connectivity index (χ3v) is 4.05. The van der Waals surface area contributed by atoms with E-state index in [2.05, 4.69) is 10.1 Å². The molecule has 0 saturated heterocycles. The van der Waals surface area contributed by atoms with Crippen LogP contribution in [0.15, 0.2) is 22.7 Å². The first kappa shape index (κ1) is 17.1. The van der Waals surface area contributed by atoms with Gasteiger partial charge in [0, 0.05) is 24.4 Å². The lowest BCUT2D eigenvalue weighted by molar-refractivity contribution is -0.144. The summed E-state index contributed by atoms with van der Waals surface area (Å²) in [7, 11) is 0. The zero-order valence-corrected chi connectivity index (χ0v) is 13.7. The van der Waals surface area contributed by atoms with Gasteiger partial charge in [-0.2, -0.15) is 4.98 Å². The molecule has 1 saturated carbocycles. The molecule has 1 aromatic carbocycles. The van der Waals surface area contributed by atoms with Crippen molar-refractivity contribution >= 4 is 11.9 Å². The fourth-order valence-corrected chi connectivity index (χ4v) is 2.57.